The van der Waals surface area contributed by atoms with E-state index >= 15 is 0 Å². The van der Waals surface area contributed by atoms with Gasteiger partial charge in [0, 0.05) is 45.8 Å². The van der Waals surface area contributed by atoms with E-state index in [4.69, 9.17) is 66.3 Å². The third kappa shape index (κ3) is 20.0. The van der Waals surface area contributed by atoms with Gasteiger partial charge in [-0.1, -0.05) is 46.1 Å². The highest BCUT2D eigenvalue weighted by Crippen LogP contribution is 2.39. The molecule has 42 nitrogen and oxygen atoms in total. The van der Waals surface area contributed by atoms with Gasteiger partial charge in [0.2, 0.25) is 41.4 Å². The molecule has 42 heteroatoms. The minimum atomic E-state index is -2.34. The molecule has 105 heavy (non-hydrogen) atoms. The van der Waals surface area contributed by atoms with E-state index in [9.17, 15) is 105 Å². The second-order valence-corrected chi connectivity index (χ2v) is 25.0. The average molecular weight is 1510 g/mol. The van der Waals surface area contributed by atoms with Gasteiger partial charge in [-0.3, -0.25) is 33.6 Å². The Morgan fingerprint density at radius 1 is 0.200 bits per heavy atom. The third-order valence-electron chi connectivity index (χ3n) is 18.2. The molecule has 0 radical (unpaired) electrons. The maximum atomic E-state index is 12.7. The van der Waals surface area contributed by atoms with E-state index in [1.807, 2.05) is 0 Å². The summed E-state index contributed by atoms with van der Waals surface area (Å²) in [6.45, 7) is 18.9. The van der Waals surface area contributed by atoms with Crippen molar-refractivity contribution >= 4 is 41.4 Å². The molecule has 0 aromatic heterocycles. The van der Waals surface area contributed by atoms with Crippen molar-refractivity contribution in [2.75, 3.05) is 45.8 Å². The number of hydrogen-bond donors (Lipinski definition) is 21. The lowest BCUT2D eigenvalue weighted by Gasteiger charge is -2.50. The van der Waals surface area contributed by atoms with Crippen LogP contribution in [0.3, 0.4) is 0 Å². The van der Waals surface area contributed by atoms with Gasteiger partial charge in [0.25, 0.3) is 0 Å². The zero-order chi connectivity index (χ0) is 77.0. The molecule has 21 aliphatic heterocycles. The molecule has 0 aromatic rings. The SMILES string of the molecule is C=CC(=O)NC[C@H]1O[C@@H]2O[C@H]3[C@H](O)[C@@H](O)[C@@H](O[C@H]4[C@H](O)[C@@H](O)[C@@H](O[C@H]5[C@H](O)[C@@H](O)[C@@H](O[C@H]6[C@H](O)[C@@H](O)[C@@H](O[C@H]7[C@H](O)[C@@H](O)[C@@H](O[C@H]8[C@H](O)[C@@H](O)[C@@H](O[C@H]1[C@H](O)[C@H]2O)O[C@@H]8CNC(=O)C=C)O[C@@H]7CNC(=O)C=C)O[C@@H]6CNC(=O)C=C)O[C@@H]5CNC(=O)C=C)O[C@@H]4CNC(=O)C=C)O[C@@H]3CNC(=O)C=C. The topological polar surface area (TPSA) is 616 Å². The summed E-state index contributed by atoms with van der Waals surface area (Å²) >= 11 is 0. The van der Waals surface area contributed by atoms with Crippen LogP contribution in [0.1, 0.15) is 0 Å². The highest BCUT2D eigenvalue weighted by Gasteiger charge is 2.60. The minimum Gasteiger partial charge on any atom is -0.387 e. The van der Waals surface area contributed by atoms with Crippen molar-refractivity contribution in [2.24, 2.45) is 0 Å². The molecule has 588 valence electrons. The zero-order valence-electron chi connectivity index (χ0n) is 56.0. The van der Waals surface area contributed by atoms with E-state index in [-0.39, 0.29) is 0 Å². The molecule has 21 saturated heterocycles. The Hall–Kier alpha value is -6.65. The van der Waals surface area contributed by atoms with Crippen molar-refractivity contribution in [3.8, 4) is 0 Å². The molecule has 21 rings (SSSR count). The summed E-state index contributed by atoms with van der Waals surface area (Å²) in [5.74, 6) is -6.04. The number of carbonyl (C=O) groups is 7. The predicted octanol–water partition coefficient (Wildman–Crippen LogP) is -13.1. The van der Waals surface area contributed by atoms with Crippen molar-refractivity contribution in [1.82, 2.24) is 37.2 Å². The predicted molar refractivity (Wildman–Crippen MR) is 341 cm³/mol. The lowest BCUT2D eigenvalue weighted by Crippen LogP contribution is -2.69. The van der Waals surface area contributed by atoms with Crippen LogP contribution in [0.25, 0.3) is 0 Å². The minimum absolute atomic E-state index is 0.700. The normalized spacial score (nSPS) is 42.9. The lowest BCUT2D eigenvalue weighted by molar-refractivity contribution is -0.391. The van der Waals surface area contributed by atoms with Crippen molar-refractivity contribution in [1.29, 1.82) is 0 Å². The molecule has 35 atom stereocenters. The van der Waals surface area contributed by atoms with E-state index < -0.39 is 302 Å². The second-order valence-electron chi connectivity index (χ2n) is 25.0. The quantitative estimate of drug-likeness (QED) is 0.0475. The van der Waals surface area contributed by atoms with Gasteiger partial charge in [0.1, 0.15) is 171 Å². The fourth-order valence-electron chi connectivity index (χ4n) is 12.5. The number of amides is 7. The summed E-state index contributed by atoms with van der Waals surface area (Å²) in [6.07, 6.45) is -68.2. The molecule has 21 N–H and O–H groups in total. The molecular formula is C63H91N7O35. The van der Waals surface area contributed by atoms with Crippen LogP contribution in [0.5, 0.6) is 0 Å². The van der Waals surface area contributed by atoms with Crippen molar-refractivity contribution in [3.05, 3.63) is 88.6 Å². The number of aliphatic hydroxyl groups is 14. The Balaban J connectivity index is 1.22. The Bertz CT molecular complexity index is 2520. The summed E-state index contributed by atoms with van der Waals surface area (Å²) in [5, 5.41) is 184. The number of aliphatic hydroxyl groups excluding tert-OH is 14. The van der Waals surface area contributed by atoms with E-state index in [0.29, 0.717) is 0 Å². The molecule has 14 bridgehead atoms. The molecule has 21 aliphatic rings. The van der Waals surface area contributed by atoms with E-state index in [2.05, 4.69) is 83.3 Å². The average Bonchev–Trinajstić information content (AvgIpc) is 0.790. The Morgan fingerprint density at radius 2 is 0.305 bits per heavy atom. The van der Waals surface area contributed by atoms with Gasteiger partial charge < -0.3 is 175 Å². The van der Waals surface area contributed by atoms with Crippen LogP contribution in [-0.2, 0) is 99.9 Å². The first-order valence-electron chi connectivity index (χ1n) is 32.9. The van der Waals surface area contributed by atoms with Crippen LogP contribution in [0, 0.1) is 0 Å². The lowest BCUT2D eigenvalue weighted by atomic mass is 9.94. The van der Waals surface area contributed by atoms with Crippen LogP contribution in [-0.4, -0.2) is 374 Å². The third-order valence-corrected chi connectivity index (χ3v) is 18.2. The first-order chi connectivity index (χ1) is 49.9. The summed E-state index contributed by atoms with van der Waals surface area (Å²) in [5.41, 5.74) is 0. The number of hydrogen-bond acceptors (Lipinski definition) is 35. The monoisotopic (exact) mass is 1510 g/mol. The highest BCUT2D eigenvalue weighted by atomic mass is 16.8. The van der Waals surface area contributed by atoms with Crippen LogP contribution >= 0.6 is 0 Å². The van der Waals surface area contributed by atoms with Crippen LogP contribution in [0.15, 0.2) is 88.6 Å². The second kappa shape index (κ2) is 37.9. The molecule has 21 heterocycles. The Morgan fingerprint density at radius 3 is 0.400 bits per heavy atom. The maximum absolute atomic E-state index is 12.7. The number of nitrogens with one attached hydrogen (secondary N) is 7. The molecular weight excluding hydrogens is 1410 g/mol. The van der Waals surface area contributed by atoms with Gasteiger partial charge in [0.05, 0.1) is 0 Å². The first kappa shape index (κ1) is 84.0. The summed E-state index contributed by atoms with van der Waals surface area (Å²) in [6, 6.07) is 0. The van der Waals surface area contributed by atoms with Gasteiger partial charge >= 0.3 is 0 Å². The van der Waals surface area contributed by atoms with Crippen molar-refractivity contribution in [3.63, 3.8) is 0 Å². The molecule has 7 amide bonds. The molecule has 0 aliphatic carbocycles. The summed E-state index contributed by atoms with van der Waals surface area (Å²) in [7, 11) is 0. The van der Waals surface area contributed by atoms with E-state index in [0.717, 1.165) is 42.5 Å². The molecule has 0 aromatic carbocycles. The van der Waals surface area contributed by atoms with Gasteiger partial charge in [-0.2, -0.15) is 0 Å². The number of ether oxygens (including phenoxy) is 14. The summed E-state index contributed by atoms with van der Waals surface area (Å²) in [4.78, 5) is 89.1. The largest absolute Gasteiger partial charge is 0.387 e. The van der Waals surface area contributed by atoms with Crippen LogP contribution in [0.2, 0.25) is 0 Å². The van der Waals surface area contributed by atoms with Crippen molar-refractivity contribution < 1.29 is 171 Å². The van der Waals surface area contributed by atoms with Gasteiger partial charge in [0.15, 0.2) is 44.0 Å². The van der Waals surface area contributed by atoms with E-state index in [1.165, 1.54) is 0 Å². The van der Waals surface area contributed by atoms with E-state index in [1.54, 1.807) is 0 Å². The van der Waals surface area contributed by atoms with Crippen LogP contribution < -0.4 is 37.2 Å². The van der Waals surface area contributed by atoms with Crippen molar-refractivity contribution in [2.45, 2.75) is 215 Å². The number of rotatable bonds is 21. The fourth-order valence-corrected chi connectivity index (χ4v) is 12.5. The smallest absolute Gasteiger partial charge is 0.243 e. The fraction of sp³-hybridized carbons (Fsp3) is 0.667. The molecule has 0 unspecified atom stereocenters. The van der Waals surface area contributed by atoms with Gasteiger partial charge in [-0.25, -0.2) is 0 Å². The highest BCUT2D eigenvalue weighted by molar-refractivity contribution is 5.89. The van der Waals surface area contributed by atoms with Crippen LogP contribution in [0.4, 0.5) is 0 Å². The van der Waals surface area contributed by atoms with Gasteiger partial charge in [-0.15, -0.1) is 0 Å². The Kier molecular flexibility index (Phi) is 30.3. The number of carbonyl (C=O) groups excluding carboxylic acids is 7. The molecule has 0 saturated carbocycles. The molecule has 21 fully saturated rings. The first-order valence-corrected chi connectivity index (χ1v) is 32.9. The Labute approximate surface area is 597 Å². The summed E-state index contributed by atoms with van der Waals surface area (Å²) < 4.78 is 85.3. The molecule has 0 spiro atoms. The maximum Gasteiger partial charge on any atom is 0.243 e. The standard InChI is InChI=1S/C63H91N7O35/c1-8-29(71)64-15-22-50-36(78)43(85)57(92-22)100-51-23(16-65-30(72)9-2)94-59(45(87)38(51)80)102-53-25(18-67-32(74)11-4)96-61(47(89)40(53)82)104-55-27(20-69-34(76)13-6)98-63(49(91)42(55)84)105-56-28(21-70-35(77)14-7)97-62(48(90)41(56)83)103-54-26(19-68-33(75)12-5)95-60(46(88)39(54)81)101-52-24(17-66-31(73)10-3)93-58(99-50)44(86)37(52)79/h8-14,22-28,36-63,78-91H,1-7,15-21H2,(H,64,71)(H,65,72)(H,66,73)(H,67,74)(H,68,75)(H,69,76)(H,70,77)/t22-,23-,24-,25-,26-,27-,28-,36-,37-,38-,39-,40-,41-,42-,43-,44-,45-,46-,47-,48-,49-,50-,51-,52-,53-,54-,55-,56-,57-,58-,59-,60-,61-,62-,63-/m1/s1. The zero-order valence-corrected chi connectivity index (χ0v) is 56.0. The van der Waals surface area contributed by atoms with Gasteiger partial charge in [-0.05, 0) is 42.5 Å².